The van der Waals surface area contributed by atoms with Crippen molar-refractivity contribution in [3.05, 3.63) is 29.6 Å². The van der Waals surface area contributed by atoms with Crippen molar-refractivity contribution in [2.24, 2.45) is 0 Å². The van der Waals surface area contributed by atoms with Crippen LogP contribution in [-0.4, -0.2) is 17.6 Å². The van der Waals surface area contributed by atoms with Gasteiger partial charge in [-0.2, -0.15) is 0 Å². The zero-order valence-electron chi connectivity index (χ0n) is 9.49. The largest absolute Gasteiger partial charge is 0.466 e. The molecule has 0 aliphatic heterocycles. The summed E-state index contributed by atoms with van der Waals surface area (Å²) in [6, 6.07) is 1.98. The number of rotatable bonds is 4. The quantitative estimate of drug-likeness (QED) is 0.712. The standard InChI is InChI=1S/C12H17NO2/c1-4-11(12(14)15-5-2)10-6-9(3)7-13-8-10/h6-8,11H,4-5H2,1-3H3. The molecule has 0 N–H and O–H groups in total. The highest BCUT2D eigenvalue weighted by Crippen LogP contribution is 2.20. The number of ether oxygens (including phenoxy) is 1. The lowest BCUT2D eigenvalue weighted by molar-refractivity contribution is -0.145. The first kappa shape index (κ1) is 11.7. The van der Waals surface area contributed by atoms with E-state index in [2.05, 4.69) is 4.98 Å². The molecule has 1 unspecified atom stereocenters. The molecule has 0 spiro atoms. The molecule has 15 heavy (non-hydrogen) atoms. The van der Waals surface area contributed by atoms with Gasteiger partial charge in [-0.3, -0.25) is 9.78 Å². The van der Waals surface area contributed by atoms with Gasteiger partial charge in [0.2, 0.25) is 0 Å². The van der Waals surface area contributed by atoms with Crippen LogP contribution >= 0.6 is 0 Å². The number of carbonyl (C=O) groups is 1. The molecule has 0 fully saturated rings. The minimum atomic E-state index is -0.183. The Morgan fingerprint density at radius 1 is 1.47 bits per heavy atom. The summed E-state index contributed by atoms with van der Waals surface area (Å²) in [6.45, 7) is 6.19. The van der Waals surface area contributed by atoms with Gasteiger partial charge in [-0.1, -0.05) is 13.0 Å². The Morgan fingerprint density at radius 2 is 2.20 bits per heavy atom. The minimum Gasteiger partial charge on any atom is -0.466 e. The lowest BCUT2D eigenvalue weighted by atomic mass is 9.97. The maximum absolute atomic E-state index is 11.6. The van der Waals surface area contributed by atoms with Crippen LogP contribution in [0, 0.1) is 6.92 Å². The van der Waals surface area contributed by atoms with Crippen molar-refractivity contribution in [2.45, 2.75) is 33.1 Å². The lowest BCUT2D eigenvalue weighted by Gasteiger charge is -2.13. The summed E-state index contributed by atoms with van der Waals surface area (Å²) in [4.78, 5) is 15.7. The first-order chi connectivity index (χ1) is 7.19. The summed E-state index contributed by atoms with van der Waals surface area (Å²) in [5, 5.41) is 0. The van der Waals surface area contributed by atoms with E-state index in [-0.39, 0.29) is 11.9 Å². The molecular formula is C12H17NO2. The summed E-state index contributed by atoms with van der Waals surface area (Å²) in [5.41, 5.74) is 2.01. The van der Waals surface area contributed by atoms with Gasteiger partial charge < -0.3 is 4.74 Å². The van der Waals surface area contributed by atoms with Gasteiger partial charge in [0.05, 0.1) is 12.5 Å². The van der Waals surface area contributed by atoms with E-state index in [0.29, 0.717) is 6.61 Å². The highest BCUT2D eigenvalue weighted by molar-refractivity contribution is 5.78. The van der Waals surface area contributed by atoms with Crippen molar-refractivity contribution < 1.29 is 9.53 Å². The lowest BCUT2D eigenvalue weighted by Crippen LogP contribution is -2.15. The molecule has 0 aromatic carbocycles. The van der Waals surface area contributed by atoms with Gasteiger partial charge in [-0.15, -0.1) is 0 Å². The molecule has 0 amide bonds. The van der Waals surface area contributed by atoms with Gasteiger partial charge in [0.15, 0.2) is 0 Å². The molecule has 3 heteroatoms. The Balaban J connectivity index is 2.87. The Morgan fingerprint density at radius 3 is 2.73 bits per heavy atom. The second-order valence-electron chi connectivity index (χ2n) is 3.51. The summed E-state index contributed by atoms with van der Waals surface area (Å²) in [6.07, 6.45) is 4.25. The molecule has 1 heterocycles. The van der Waals surface area contributed by atoms with Crippen molar-refractivity contribution in [3.8, 4) is 0 Å². The van der Waals surface area contributed by atoms with E-state index in [1.54, 1.807) is 12.4 Å². The molecule has 0 saturated heterocycles. The summed E-state index contributed by atoms with van der Waals surface area (Å²) in [7, 11) is 0. The van der Waals surface area contributed by atoms with Gasteiger partial charge in [-0.25, -0.2) is 0 Å². The highest BCUT2D eigenvalue weighted by atomic mass is 16.5. The smallest absolute Gasteiger partial charge is 0.313 e. The molecule has 0 aliphatic carbocycles. The average Bonchev–Trinajstić information content (AvgIpc) is 2.19. The first-order valence-electron chi connectivity index (χ1n) is 5.27. The van der Waals surface area contributed by atoms with Crippen LogP contribution in [0.2, 0.25) is 0 Å². The summed E-state index contributed by atoms with van der Waals surface area (Å²) < 4.78 is 5.02. The maximum Gasteiger partial charge on any atom is 0.313 e. The molecule has 1 aromatic rings. The normalized spacial score (nSPS) is 12.2. The number of pyridine rings is 1. The van der Waals surface area contributed by atoms with Crippen LogP contribution in [0.3, 0.4) is 0 Å². The van der Waals surface area contributed by atoms with E-state index in [9.17, 15) is 4.79 Å². The van der Waals surface area contributed by atoms with Crippen molar-refractivity contribution in [1.29, 1.82) is 0 Å². The van der Waals surface area contributed by atoms with Crippen LogP contribution in [0.4, 0.5) is 0 Å². The van der Waals surface area contributed by atoms with E-state index in [1.165, 1.54) is 0 Å². The Labute approximate surface area is 90.5 Å². The van der Waals surface area contributed by atoms with Crippen LogP contribution in [0.1, 0.15) is 37.3 Å². The zero-order chi connectivity index (χ0) is 11.3. The number of hydrogen-bond donors (Lipinski definition) is 0. The van der Waals surface area contributed by atoms with Crippen molar-refractivity contribution in [1.82, 2.24) is 4.98 Å². The van der Waals surface area contributed by atoms with Crippen molar-refractivity contribution in [3.63, 3.8) is 0 Å². The molecule has 3 nitrogen and oxygen atoms in total. The first-order valence-corrected chi connectivity index (χ1v) is 5.27. The molecule has 1 rings (SSSR count). The second-order valence-corrected chi connectivity index (χ2v) is 3.51. The fourth-order valence-corrected chi connectivity index (χ4v) is 1.55. The number of carbonyl (C=O) groups excluding carboxylic acids is 1. The summed E-state index contributed by atoms with van der Waals surface area (Å²) >= 11 is 0. The predicted molar refractivity (Wildman–Crippen MR) is 58.6 cm³/mol. The third-order valence-corrected chi connectivity index (χ3v) is 2.28. The van der Waals surface area contributed by atoms with Crippen LogP contribution in [0.15, 0.2) is 18.5 Å². The average molecular weight is 207 g/mol. The predicted octanol–water partition coefficient (Wildman–Crippen LogP) is 2.45. The summed E-state index contributed by atoms with van der Waals surface area (Å²) in [5.74, 6) is -0.343. The molecule has 82 valence electrons. The minimum absolute atomic E-state index is 0.160. The van der Waals surface area contributed by atoms with E-state index in [1.807, 2.05) is 26.8 Å². The van der Waals surface area contributed by atoms with Crippen molar-refractivity contribution in [2.75, 3.05) is 6.61 Å². The van der Waals surface area contributed by atoms with Crippen LogP contribution in [0.25, 0.3) is 0 Å². The van der Waals surface area contributed by atoms with Gasteiger partial charge in [0, 0.05) is 12.4 Å². The van der Waals surface area contributed by atoms with Gasteiger partial charge >= 0.3 is 5.97 Å². The van der Waals surface area contributed by atoms with Crippen LogP contribution in [-0.2, 0) is 9.53 Å². The van der Waals surface area contributed by atoms with Gasteiger partial charge in [0.25, 0.3) is 0 Å². The molecule has 1 atom stereocenters. The maximum atomic E-state index is 11.6. The number of nitrogens with zero attached hydrogens (tertiary/aromatic N) is 1. The zero-order valence-corrected chi connectivity index (χ0v) is 9.49. The SMILES string of the molecule is CCOC(=O)C(CC)c1cncc(C)c1. The monoisotopic (exact) mass is 207 g/mol. The van der Waals surface area contributed by atoms with E-state index in [4.69, 9.17) is 4.74 Å². The molecular weight excluding hydrogens is 190 g/mol. The topological polar surface area (TPSA) is 39.2 Å². The van der Waals surface area contributed by atoms with E-state index < -0.39 is 0 Å². The molecule has 0 aliphatic rings. The van der Waals surface area contributed by atoms with Gasteiger partial charge in [0.1, 0.15) is 0 Å². The molecule has 0 bridgehead atoms. The second kappa shape index (κ2) is 5.49. The fourth-order valence-electron chi connectivity index (χ4n) is 1.55. The third-order valence-electron chi connectivity index (χ3n) is 2.28. The Kier molecular flexibility index (Phi) is 4.28. The van der Waals surface area contributed by atoms with E-state index in [0.717, 1.165) is 17.5 Å². The number of esters is 1. The third kappa shape index (κ3) is 3.05. The number of aromatic nitrogens is 1. The molecule has 0 radical (unpaired) electrons. The van der Waals surface area contributed by atoms with Crippen molar-refractivity contribution >= 4 is 5.97 Å². The molecule has 1 aromatic heterocycles. The number of aryl methyl sites for hydroxylation is 1. The molecule has 0 saturated carbocycles. The van der Waals surface area contributed by atoms with Crippen LogP contribution < -0.4 is 0 Å². The Hall–Kier alpha value is -1.38. The highest BCUT2D eigenvalue weighted by Gasteiger charge is 2.19. The number of hydrogen-bond acceptors (Lipinski definition) is 3. The van der Waals surface area contributed by atoms with E-state index >= 15 is 0 Å². The van der Waals surface area contributed by atoms with Gasteiger partial charge in [-0.05, 0) is 31.4 Å². The van der Waals surface area contributed by atoms with Crippen LogP contribution in [0.5, 0.6) is 0 Å². The Bertz CT molecular complexity index is 336. The fraction of sp³-hybridized carbons (Fsp3) is 0.500.